The van der Waals surface area contributed by atoms with E-state index in [1.54, 1.807) is 0 Å². The summed E-state index contributed by atoms with van der Waals surface area (Å²) >= 11 is 0. The van der Waals surface area contributed by atoms with Crippen LogP contribution in [0, 0.1) is 63.0 Å². The molecule has 2 aliphatic rings. The van der Waals surface area contributed by atoms with Gasteiger partial charge in [0, 0.05) is 11.5 Å². The van der Waals surface area contributed by atoms with Crippen molar-refractivity contribution in [2.45, 2.75) is 11.3 Å². The third-order valence-corrected chi connectivity index (χ3v) is 4.34. The third kappa shape index (κ3) is 6.54. The summed E-state index contributed by atoms with van der Waals surface area (Å²) in [5, 5.41) is 9.62. The zero-order valence-corrected chi connectivity index (χ0v) is 14.0. The number of benzene rings is 1. The van der Waals surface area contributed by atoms with E-state index >= 15 is 0 Å². The summed E-state index contributed by atoms with van der Waals surface area (Å²) in [6.45, 7) is 0.144. The minimum absolute atomic E-state index is 0. The quantitative estimate of drug-likeness (QED) is 0.845. The minimum atomic E-state index is -1.09. The van der Waals surface area contributed by atoms with E-state index in [9.17, 15) is 4.21 Å². The maximum Gasteiger partial charge on any atom is 2.00 e. The van der Waals surface area contributed by atoms with E-state index in [2.05, 4.69) is 0 Å². The van der Waals surface area contributed by atoms with Crippen LogP contribution in [-0.2, 0) is 34.3 Å². The molecule has 2 fully saturated rings. The molecule has 10 radical (unpaired) electrons. The maximum absolute atomic E-state index is 12.0. The van der Waals surface area contributed by atoms with E-state index in [0.717, 1.165) is 15.7 Å². The Kier molecular flexibility index (Phi) is 10.3. The van der Waals surface area contributed by atoms with Gasteiger partial charge >= 0.3 is 17.1 Å². The molecule has 0 aromatic heterocycles. The zero-order valence-electron chi connectivity index (χ0n) is 12.0. The topological polar surface area (TPSA) is 37.3 Å². The maximum atomic E-state index is 12.0. The van der Waals surface area contributed by atoms with Crippen molar-refractivity contribution in [3.8, 4) is 0 Å². The van der Waals surface area contributed by atoms with Gasteiger partial charge in [-0.1, -0.05) is 12.1 Å². The largest absolute Gasteiger partial charge is 2.00 e. The fraction of sp³-hybridized carbons (Fsp3) is 0.111. The second-order valence-electron chi connectivity index (χ2n) is 4.47. The van der Waals surface area contributed by atoms with Crippen LogP contribution >= 0.6 is 0 Å². The van der Waals surface area contributed by atoms with Crippen molar-refractivity contribution < 1.29 is 26.4 Å². The molecule has 0 aliphatic heterocycles. The Bertz CT molecular complexity index is 416. The average Bonchev–Trinajstić information content (AvgIpc) is 3.23. The Balaban J connectivity index is 0.000000344. The molecule has 22 heavy (non-hydrogen) atoms. The molecule has 3 rings (SSSR count). The van der Waals surface area contributed by atoms with Crippen molar-refractivity contribution >= 4 is 10.8 Å². The number of aliphatic hydroxyl groups is 1. The van der Waals surface area contributed by atoms with Crippen LogP contribution in [0.4, 0.5) is 0 Å². The summed E-state index contributed by atoms with van der Waals surface area (Å²) in [7, 11) is -1.09. The van der Waals surface area contributed by atoms with E-state index in [4.69, 9.17) is 5.11 Å². The number of aliphatic hydroxyl groups excluding tert-OH is 1. The van der Waals surface area contributed by atoms with E-state index in [1.807, 2.05) is 82.1 Å². The number of rotatable bonds is 4. The summed E-state index contributed by atoms with van der Waals surface area (Å²) in [5.41, 5.74) is 1.06. The summed E-state index contributed by atoms with van der Waals surface area (Å²) < 4.78 is 12.0. The van der Waals surface area contributed by atoms with Crippen LogP contribution in [0.25, 0.3) is 0 Å². The Morgan fingerprint density at radius 2 is 1.32 bits per heavy atom. The Morgan fingerprint density at radius 3 is 1.77 bits per heavy atom. The molecular weight excluding hydrogens is 336 g/mol. The molecular formula is C18H18FeO2S+2. The Labute approximate surface area is 148 Å². The van der Waals surface area contributed by atoms with E-state index in [-0.39, 0.29) is 23.7 Å². The molecule has 114 valence electrons. The minimum Gasteiger partial charge on any atom is -0.396 e. The Morgan fingerprint density at radius 1 is 0.818 bits per heavy atom. The summed E-state index contributed by atoms with van der Waals surface area (Å²) in [4.78, 5) is 0.799. The van der Waals surface area contributed by atoms with Gasteiger partial charge in [0.05, 0.1) is 16.0 Å². The molecule has 0 bridgehead atoms. The predicted octanol–water partition coefficient (Wildman–Crippen LogP) is 2.71. The van der Waals surface area contributed by atoms with Gasteiger partial charge in [0.25, 0.3) is 0 Å². The predicted molar refractivity (Wildman–Crippen MR) is 85.6 cm³/mol. The second-order valence-corrected chi connectivity index (χ2v) is 5.95. The van der Waals surface area contributed by atoms with Crippen molar-refractivity contribution in [2.24, 2.45) is 0 Å². The van der Waals surface area contributed by atoms with Crippen molar-refractivity contribution in [1.29, 1.82) is 0 Å². The summed E-state index contributed by atoms with van der Waals surface area (Å²) in [6.07, 6.45) is 18.1. The van der Waals surface area contributed by atoms with Crippen LogP contribution in [0.3, 0.4) is 0 Å². The standard InChI is InChI=1S/C13H13O2S.C5H5.Fe/c14-10-9-11-5-7-13(8-6-11)16(15)12-3-1-2-4-12;1-2-4-5-3-1;/h1-8,14H,9-10H2;1-5H;/q;;+2/t16-;;/m1../s1. The first-order chi connectivity index (χ1) is 10.3. The van der Waals surface area contributed by atoms with Crippen LogP contribution in [0.15, 0.2) is 29.2 Å². The molecule has 0 saturated heterocycles. The van der Waals surface area contributed by atoms with E-state index < -0.39 is 10.8 Å². The number of hydrogen-bond acceptors (Lipinski definition) is 2. The van der Waals surface area contributed by atoms with Gasteiger partial charge in [-0.3, -0.25) is 4.21 Å². The van der Waals surface area contributed by atoms with Crippen molar-refractivity contribution in [3.63, 3.8) is 0 Å². The van der Waals surface area contributed by atoms with Crippen molar-refractivity contribution in [2.75, 3.05) is 6.61 Å². The third-order valence-electron chi connectivity index (χ3n) is 2.94. The van der Waals surface area contributed by atoms with Gasteiger partial charge in [0.15, 0.2) is 0 Å². The summed E-state index contributed by atoms with van der Waals surface area (Å²) in [6, 6.07) is 7.53. The fourth-order valence-corrected chi connectivity index (χ4v) is 2.91. The van der Waals surface area contributed by atoms with Crippen LogP contribution in [-0.4, -0.2) is 15.9 Å². The molecule has 0 heterocycles. The average molecular weight is 354 g/mol. The van der Waals surface area contributed by atoms with Gasteiger partial charge in [-0.15, -0.1) is 0 Å². The van der Waals surface area contributed by atoms with Crippen LogP contribution < -0.4 is 0 Å². The van der Waals surface area contributed by atoms with E-state index in [1.165, 1.54) is 0 Å². The molecule has 2 nitrogen and oxygen atoms in total. The van der Waals surface area contributed by atoms with Gasteiger partial charge < -0.3 is 5.11 Å². The molecule has 1 aromatic carbocycles. The van der Waals surface area contributed by atoms with Crippen molar-refractivity contribution in [3.05, 3.63) is 92.9 Å². The molecule has 2 saturated carbocycles. The van der Waals surface area contributed by atoms with Gasteiger partial charge in [0.2, 0.25) is 0 Å². The smallest absolute Gasteiger partial charge is 0.396 e. The van der Waals surface area contributed by atoms with Gasteiger partial charge in [-0.05, 0) is 81.9 Å². The van der Waals surface area contributed by atoms with Crippen molar-refractivity contribution in [1.82, 2.24) is 0 Å². The molecule has 0 unspecified atom stereocenters. The van der Waals surface area contributed by atoms with Gasteiger partial charge in [-0.2, -0.15) is 0 Å². The van der Waals surface area contributed by atoms with Crippen LogP contribution in [0.5, 0.6) is 0 Å². The molecule has 2 aliphatic carbocycles. The fourth-order valence-electron chi connectivity index (χ4n) is 1.85. The molecule has 1 aromatic rings. The molecule has 0 amide bonds. The first-order valence-electron chi connectivity index (χ1n) is 6.81. The number of hydrogen-bond donors (Lipinski definition) is 1. The normalized spacial score (nSPS) is 19.1. The zero-order chi connectivity index (χ0) is 14.9. The monoisotopic (exact) mass is 354 g/mol. The van der Waals surface area contributed by atoms with Crippen LogP contribution in [0.1, 0.15) is 5.56 Å². The van der Waals surface area contributed by atoms with E-state index in [0.29, 0.717) is 6.42 Å². The van der Waals surface area contributed by atoms with Gasteiger partial charge in [-0.25, -0.2) is 0 Å². The molecule has 0 spiro atoms. The molecule has 1 atom stereocenters. The van der Waals surface area contributed by atoms with Crippen LogP contribution in [0.2, 0.25) is 0 Å². The first kappa shape index (κ1) is 19.9. The first-order valence-corrected chi connectivity index (χ1v) is 7.96. The second kappa shape index (κ2) is 11.4. The van der Waals surface area contributed by atoms with Gasteiger partial charge in [0.1, 0.15) is 0 Å². The molecule has 4 heteroatoms. The molecule has 1 N–H and O–H groups in total. The Hall–Kier alpha value is -0.151. The summed E-state index contributed by atoms with van der Waals surface area (Å²) in [5.74, 6) is 0. The SMILES string of the molecule is O=[S@]([C]1[CH][CH][CH][CH]1)c1ccc(CCO)cc1.[CH]1[CH][CH][CH][CH]1.[Fe+2].